The molecule has 0 saturated carbocycles. The van der Waals surface area contributed by atoms with Gasteiger partial charge in [-0.2, -0.15) is 5.10 Å². The van der Waals surface area contributed by atoms with E-state index in [1.807, 2.05) is 31.4 Å². The van der Waals surface area contributed by atoms with Crippen molar-refractivity contribution in [2.75, 3.05) is 20.4 Å². The van der Waals surface area contributed by atoms with Gasteiger partial charge in [-0.25, -0.2) is 0 Å². The highest BCUT2D eigenvalue weighted by atomic mass is 35.5. The number of ether oxygens (including phenoxy) is 2. The van der Waals surface area contributed by atoms with Gasteiger partial charge in [0.25, 0.3) is 0 Å². The number of hydrogen-bond acceptors (Lipinski definition) is 5. The van der Waals surface area contributed by atoms with Crippen LogP contribution in [0.4, 0.5) is 0 Å². The molecule has 0 spiro atoms. The lowest BCUT2D eigenvalue weighted by Crippen LogP contribution is -2.42. The van der Waals surface area contributed by atoms with E-state index in [9.17, 15) is 4.79 Å². The van der Waals surface area contributed by atoms with E-state index in [1.54, 1.807) is 17.9 Å². The molecule has 1 aromatic carbocycles. The minimum absolute atomic E-state index is 0. The van der Waals surface area contributed by atoms with Crippen molar-refractivity contribution in [3.63, 3.8) is 0 Å². The largest absolute Gasteiger partial charge is 0.454 e. The van der Waals surface area contributed by atoms with Crippen molar-refractivity contribution in [1.82, 2.24) is 20.4 Å². The molecule has 2 heterocycles. The van der Waals surface area contributed by atoms with E-state index in [-0.39, 0.29) is 30.5 Å². The summed E-state index contributed by atoms with van der Waals surface area (Å²) >= 11 is 0. The average Bonchev–Trinajstić information content (AvgIpc) is 3.22. The van der Waals surface area contributed by atoms with Crippen LogP contribution in [0.2, 0.25) is 0 Å². The number of hydrogen-bond donors (Lipinski definition) is 2. The molecule has 2 aromatic rings. The zero-order valence-electron chi connectivity index (χ0n) is 15.4. The Hall–Kier alpha value is -2.25. The second-order valence-corrected chi connectivity index (χ2v) is 6.84. The first kappa shape index (κ1) is 20.1. The maximum Gasteiger partial charge on any atom is 0.241 e. The molecule has 0 fully saturated rings. The molecule has 1 atom stereocenters. The van der Waals surface area contributed by atoms with E-state index in [4.69, 9.17) is 9.47 Å². The Kier molecular flexibility index (Phi) is 6.15. The topological polar surface area (TPSA) is 77.4 Å². The van der Waals surface area contributed by atoms with Crippen LogP contribution in [0.3, 0.4) is 0 Å². The number of rotatable bonds is 6. The number of nitrogens with zero attached hydrogens (tertiary/aromatic N) is 2. The van der Waals surface area contributed by atoms with Crippen LogP contribution in [0.15, 0.2) is 30.6 Å². The molecule has 3 rings (SSSR count). The molecule has 1 aromatic heterocycles. The molecule has 1 unspecified atom stereocenters. The quantitative estimate of drug-likeness (QED) is 0.800. The van der Waals surface area contributed by atoms with Gasteiger partial charge >= 0.3 is 0 Å². The van der Waals surface area contributed by atoms with Gasteiger partial charge in [-0.3, -0.25) is 9.48 Å². The van der Waals surface area contributed by atoms with E-state index >= 15 is 0 Å². The van der Waals surface area contributed by atoms with Crippen LogP contribution in [0.1, 0.15) is 31.0 Å². The van der Waals surface area contributed by atoms with Crippen LogP contribution in [0.5, 0.6) is 11.5 Å². The number of likely N-dealkylation sites (N-methyl/N-ethyl adjacent to an activating group) is 1. The normalized spacial score (nSPS) is 13.8. The molecule has 0 bridgehead atoms. The van der Waals surface area contributed by atoms with E-state index in [0.29, 0.717) is 6.54 Å². The predicted molar refractivity (Wildman–Crippen MR) is 101 cm³/mol. The maximum atomic E-state index is 12.6. The third kappa shape index (κ3) is 4.11. The third-order valence-corrected chi connectivity index (χ3v) is 4.47. The number of carbonyl (C=O) groups is 1. The average molecular weight is 381 g/mol. The summed E-state index contributed by atoms with van der Waals surface area (Å²) in [5, 5.41) is 10.2. The minimum Gasteiger partial charge on any atom is -0.454 e. The molecule has 142 valence electrons. The van der Waals surface area contributed by atoms with Gasteiger partial charge in [-0.15, -0.1) is 12.4 Å². The summed E-state index contributed by atoms with van der Waals surface area (Å²) in [7, 11) is 3.59. The highest BCUT2D eigenvalue weighted by molar-refractivity contribution is 5.85. The molecule has 7 nitrogen and oxygen atoms in total. The van der Waals surface area contributed by atoms with Gasteiger partial charge in [-0.05, 0) is 24.7 Å². The minimum atomic E-state index is -0.429. The monoisotopic (exact) mass is 380 g/mol. The summed E-state index contributed by atoms with van der Waals surface area (Å²) in [4.78, 5) is 12.6. The van der Waals surface area contributed by atoms with Crippen molar-refractivity contribution in [2.45, 2.75) is 25.3 Å². The van der Waals surface area contributed by atoms with E-state index in [1.165, 1.54) is 0 Å². The molecule has 1 aliphatic heterocycles. The molecule has 26 heavy (non-hydrogen) atoms. The molecule has 0 radical (unpaired) electrons. The molecule has 1 amide bonds. The summed E-state index contributed by atoms with van der Waals surface area (Å²) in [5.74, 6) is 1.43. The maximum absolute atomic E-state index is 12.6. The summed E-state index contributed by atoms with van der Waals surface area (Å²) in [6.45, 7) is 4.93. The number of aromatic nitrogens is 2. The first-order valence-corrected chi connectivity index (χ1v) is 8.24. The molecule has 2 N–H and O–H groups in total. The number of aryl methyl sites for hydroxylation is 1. The number of nitrogens with one attached hydrogen (secondary N) is 2. The Morgan fingerprint density at radius 2 is 2.08 bits per heavy atom. The first-order valence-electron chi connectivity index (χ1n) is 8.24. The predicted octanol–water partition coefficient (Wildman–Crippen LogP) is 1.93. The van der Waals surface area contributed by atoms with Crippen LogP contribution in [0.25, 0.3) is 0 Å². The Morgan fingerprint density at radius 1 is 1.35 bits per heavy atom. The lowest BCUT2D eigenvalue weighted by Gasteiger charge is -2.27. The standard InChI is InChI=1S/C18H24N4O3.ClH/c1-18(2,13-5-6-14-15(7-13)25-11-24-14)10-20-17(23)16(19-3)12-8-21-22(4)9-12;/h5-9,16,19H,10-11H2,1-4H3,(H,20,23);1H. The summed E-state index contributed by atoms with van der Waals surface area (Å²) in [5.41, 5.74) is 1.67. The molecule has 1 aliphatic rings. The van der Waals surface area contributed by atoms with Crippen molar-refractivity contribution in [3.8, 4) is 11.5 Å². The van der Waals surface area contributed by atoms with Gasteiger partial charge in [0.2, 0.25) is 12.7 Å². The highest BCUT2D eigenvalue weighted by Crippen LogP contribution is 2.36. The Balaban J connectivity index is 0.00000243. The van der Waals surface area contributed by atoms with Gasteiger partial charge in [0, 0.05) is 30.8 Å². The summed E-state index contributed by atoms with van der Waals surface area (Å²) in [6.07, 6.45) is 3.54. The van der Waals surface area contributed by atoms with Crippen LogP contribution >= 0.6 is 12.4 Å². The second-order valence-electron chi connectivity index (χ2n) is 6.84. The van der Waals surface area contributed by atoms with Crippen molar-refractivity contribution in [2.24, 2.45) is 7.05 Å². The fraction of sp³-hybridized carbons (Fsp3) is 0.444. The molecule has 0 aliphatic carbocycles. The van der Waals surface area contributed by atoms with Crippen LogP contribution < -0.4 is 20.1 Å². The fourth-order valence-electron chi connectivity index (χ4n) is 2.87. The van der Waals surface area contributed by atoms with E-state index < -0.39 is 6.04 Å². The van der Waals surface area contributed by atoms with Crippen LogP contribution in [-0.4, -0.2) is 36.1 Å². The Labute approximate surface area is 159 Å². The molecular weight excluding hydrogens is 356 g/mol. The van der Waals surface area contributed by atoms with Crippen molar-refractivity contribution in [1.29, 1.82) is 0 Å². The van der Waals surface area contributed by atoms with Crippen LogP contribution in [-0.2, 0) is 17.3 Å². The SMILES string of the molecule is CNC(C(=O)NCC(C)(C)c1ccc2c(c1)OCO2)c1cnn(C)c1.Cl. The van der Waals surface area contributed by atoms with E-state index in [2.05, 4.69) is 29.6 Å². The molecule has 8 heteroatoms. The Bertz CT molecular complexity index is 776. The number of benzene rings is 1. The van der Waals surface area contributed by atoms with Gasteiger partial charge in [0.1, 0.15) is 6.04 Å². The lowest BCUT2D eigenvalue weighted by atomic mass is 9.84. The van der Waals surface area contributed by atoms with Gasteiger partial charge in [0.05, 0.1) is 6.20 Å². The first-order chi connectivity index (χ1) is 11.9. The van der Waals surface area contributed by atoms with Gasteiger partial charge < -0.3 is 20.1 Å². The number of fused-ring (bicyclic) bond motifs is 1. The third-order valence-electron chi connectivity index (χ3n) is 4.47. The lowest BCUT2D eigenvalue weighted by molar-refractivity contribution is -0.123. The van der Waals surface area contributed by atoms with Crippen molar-refractivity contribution in [3.05, 3.63) is 41.7 Å². The smallest absolute Gasteiger partial charge is 0.241 e. The van der Waals surface area contributed by atoms with Crippen molar-refractivity contribution >= 4 is 18.3 Å². The second kappa shape index (κ2) is 7.97. The van der Waals surface area contributed by atoms with Crippen molar-refractivity contribution < 1.29 is 14.3 Å². The summed E-state index contributed by atoms with van der Waals surface area (Å²) in [6, 6.07) is 5.47. The molecular formula is C18H25ClN4O3. The van der Waals surface area contributed by atoms with Crippen LogP contribution in [0, 0.1) is 0 Å². The highest BCUT2D eigenvalue weighted by Gasteiger charge is 2.27. The number of halogens is 1. The molecule has 0 saturated heterocycles. The number of carbonyl (C=O) groups excluding carboxylic acids is 1. The number of amides is 1. The zero-order valence-corrected chi connectivity index (χ0v) is 16.2. The summed E-state index contributed by atoms with van der Waals surface area (Å²) < 4.78 is 12.5. The zero-order chi connectivity index (χ0) is 18.0. The van der Waals surface area contributed by atoms with Gasteiger partial charge in [-0.1, -0.05) is 19.9 Å². The Morgan fingerprint density at radius 3 is 2.73 bits per heavy atom. The van der Waals surface area contributed by atoms with E-state index in [0.717, 1.165) is 22.6 Å². The fourth-order valence-corrected chi connectivity index (χ4v) is 2.87. The van der Waals surface area contributed by atoms with Gasteiger partial charge in [0.15, 0.2) is 11.5 Å².